The SMILES string of the molecule is C=CCN(C)S(=O)(=O)c1ccc(O)c(N)c1. The Morgan fingerprint density at radius 2 is 2.19 bits per heavy atom. The highest BCUT2D eigenvalue weighted by Crippen LogP contribution is 2.24. The van der Waals surface area contributed by atoms with E-state index in [0.29, 0.717) is 0 Å². The number of aromatic hydroxyl groups is 1. The quantitative estimate of drug-likeness (QED) is 0.464. The summed E-state index contributed by atoms with van der Waals surface area (Å²) < 4.78 is 25.0. The smallest absolute Gasteiger partial charge is 0.243 e. The number of phenols is 1. The van der Waals surface area contributed by atoms with Crippen LogP contribution in [0, 0.1) is 0 Å². The molecule has 0 aliphatic heterocycles. The van der Waals surface area contributed by atoms with E-state index in [9.17, 15) is 13.5 Å². The molecule has 1 aromatic carbocycles. The Balaban J connectivity index is 3.17. The fourth-order valence-corrected chi connectivity index (χ4v) is 2.33. The number of benzene rings is 1. The summed E-state index contributed by atoms with van der Waals surface area (Å²) in [5.41, 5.74) is 5.47. The normalized spacial score (nSPS) is 11.6. The molecule has 1 rings (SSSR count). The molecule has 0 unspecified atom stereocenters. The molecule has 0 saturated carbocycles. The monoisotopic (exact) mass is 242 g/mol. The third kappa shape index (κ3) is 2.34. The van der Waals surface area contributed by atoms with Crippen molar-refractivity contribution in [1.29, 1.82) is 0 Å². The summed E-state index contributed by atoms with van der Waals surface area (Å²) in [4.78, 5) is 0.0483. The zero-order valence-electron chi connectivity index (χ0n) is 8.92. The van der Waals surface area contributed by atoms with Crippen LogP contribution in [-0.2, 0) is 10.0 Å². The van der Waals surface area contributed by atoms with Crippen LogP contribution in [0.5, 0.6) is 5.75 Å². The number of nitrogens with two attached hydrogens (primary N) is 1. The number of hydrogen-bond donors (Lipinski definition) is 2. The number of anilines is 1. The molecule has 0 bridgehead atoms. The van der Waals surface area contributed by atoms with Gasteiger partial charge in [0.2, 0.25) is 10.0 Å². The van der Waals surface area contributed by atoms with Crippen LogP contribution >= 0.6 is 0 Å². The number of nitrogen functional groups attached to an aromatic ring is 1. The summed E-state index contributed by atoms with van der Waals surface area (Å²) in [6, 6.07) is 3.79. The van der Waals surface area contributed by atoms with Gasteiger partial charge in [0.05, 0.1) is 10.6 Å². The lowest BCUT2D eigenvalue weighted by Crippen LogP contribution is -2.27. The Morgan fingerprint density at radius 1 is 1.56 bits per heavy atom. The minimum atomic E-state index is -3.57. The third-order valence-corrected chi connectivity index (χ3v) is 3.91. The van der Waals surface area contributed by atoms with Gasteiger partial charge in [-0.3, -0.25) is 0 Å². The van der Waals surface area contributed by atoms with Gasteiger partial charge in [-0.25, -0.2) is 8.42 Å². The fraction of sp³-hybridized carbons (Fsp3) is 0.200. The molecule has 0 atom stereocenters. The van der Waals surface area contributed by atoms with E-state index in [4.69, 9.17) is 5.73 Å². The van der Waals surface area contributed by atoms with E-state index in [-0.39, 0.29) is 22.9 Å². The molecule has 0 spiro atoms. The number of likely N-dealkylation sites (N-methyl/N-ethyl adjacent to an activating group) is 1. The second-order valence-corrected chi connectivity index (χ2v) is 5.34. The molecule has 0 radical (unpaired) electrons. The topological polar surface area (TPSA) is 83.6 Å². The van der Waals surface area contributed by atoms with Crippen molar-refractivity contribution in [3.05, 3.63) is 30.9 Å². The molecule has 0 amide bonds. The van der Waals surface area contributed by atoms with Crippen molar-refractivity contribution in [3.63, 3.8) is 0 Å². The average molecular weight is 242 g/mol. The molecule has 0 fully saturated rings. The predicted octanol–water partition coefficient (Wildman–Crippen LogP) is 0.781. The van der Waals surface area contributed by atoms with E-state index in [1.54, 1.807) is 0 Å². The first kappa shape index (κ1) is 12.5. The standard InChI is InChI=1S/C10H14N2O3S/c1-3-6-12(2)16(14,15)8-4-5-10(13)9(11)7-8/h3-5,7,13H,1,6,11H2,2H3. The van der Waals surface area contributed by atoms with Crippen molar-refractivity contribution < 1.29 is 13.5 Å². The molecule has 3 N–H and O–H groups in total. The fourth-order valence-electron chi connectivity index (χ4n) is 1.15. The minimum Gasteiger partial charge on any atom is -0.506 e. The number of nitrogens with zero attached hydrogens (tertiary/aromatic N) is 1. The van der Waals surface area contributed by atoms with Gasteiger partial charge in [-0.15, -0.1) is 6.58 Å². The maximum Gasteiger partial charge on any atom is 0.243 e. The van der Waals surface area contributed by atoms with Gasteiger partial charge in [0, 0.05) is 13.6 Å². The van der Waals surface area contributed by atoms with Crippen LogP contribution in [0.1, 0.15) is 0 Å². The number of phenolic OH excluding ortho intramolecular Hbond substituents is 1. The van der Waals surface area contributed by atoms with Crippen LogP contribution in [0.2, 0.25) is 0 Å². The zero-order valence-corrected chi connectivity index (χ0v) is 9.74. The summed E-state index contributed by atoms with van der Waals surface area (Å²) in [5, 5.41) is 9.20. The second-order valence-electron chi connectivity index (χ2n) is 3.29. The molecule has 1 aromatic rings. The third-order valence-electron chi connectivity index (χ3n) is 2.09. The lowest BCUT2D eigenvalue weighted by Gasteiger charge is -2.15. The summed E-state index contributed by atoms with van der Waals surface area (Å²) in [6.07, 6.45) is 1.49. The average Bonchev–Trinajstić information content (AvgIpc) is 2.22. The molecule has 0 aromatic heterocycles. The first-order valence-electron chi connectivity index (χ1n) is 4.55. The highest BCUT2D eigenvalue weighted by molar-refractivity contribution is 7.89. The van der Waals surface area contributed by atoms with Crippen molar-refractivity contribution in [1.82, 2.24) is 4.31 Å². The first-order chi connectivity index (χ1) is 7.39. The number of rotatable bonds is 4. The molecular formula is C10H14N2O3S. The maximum absolute atomic E-state index is 11.9. The summed E-state index contributed by atoms with van der Waals surface area (Å²) >= 11 is 0. The van der Waals surface area contributed by atoms with E-state index in [1.165, 1.54) is 31.3 Å². The van der Waals surface area contributed by atoms with E-state index in [0.717, 1.165) is 4.31 Å². The Morgan fingerprint density at radius 3 is 2.69 bits per heavy atom. The predicted molar refractivity (Wildman–Crippen MR) is 62.5 cm³/mol. The van der Waals surface area contributed by atoms with Crippen molar-refractivity contribution in [2.24, 2.45) is 0 Å². The maximum atomic E-state index is 11.9. The molecule has 5 nitrogen and oxygen atoms in total. The van der Waals surface area contributed by atoms with Gasteiger partial charge in [-0.1, -0.05) is 6.08 Å². The molecule has 0 aliphatic rings. The molecule has 0 saturated heterocycles. The Kier molecular flexibility index (Phi) is 3.56. The van der Waals surface area contributed by atoms with E-state index in [1.807, 2.05) is 0 Å². The molecule has 0 aliphatic carbocycles. The highest BCUT2D eigenvalue weighted by Gasteiger charge is 2.20. The van der Waals surface area contributed by atoms with Gasteiger partial charge in [-0.05, 0) is 18.2 Å². The van der Waals surface area contributed by atoms with Crippen LogP contribution in [0.4, 0.5) is 5.69 Å². The van der Waals surface area contributed by atoms with Gasteiger partial charge >= 0.3 is 0 Å². The molecule has 6 heteroatoms. The van der Waals surface area contributed by atoms with Crippen molar-refractivity contribution in [3.8, 4) is 5.75 Å². The lowest BCUT2D eigenvalue weighted by molar-refractivity contribution is 0.476. The molecule has 88 valence electrons. The van der Waals surface area contributed by atoms with Crippen molar-refractivity contribution >= 4 is 15.7 Å². The van der Waals surface area contributed by atoms with Crippen LogP contribution in [-0.4, -0.2) is 31.4 Å². The van der Waals surface area contributed by atoms with Gasteiger partial charge in [0.25, 0.3) is 0 Å². The second kappa shape index (κ2) is 4.54. The van der Waals surface area contributed by atoms with E-state index >= 15 is 0 Å². The number of sulfonamides is 1. The first-order valence-corrected chi connectivity index (χ1v) is 5.99. The zero-order chi connectivity index (χ0) is 12.3. The lowest BCUT2D eigenvalue weighted by atomic mass is 10.3. The van der Waals surface area contributed by atoms with E-state index in [2.05, 4.69) is 6.58 Å². The van der Waals surface area contributed by atoms with Gasteiger partial charge < -0.3 is 10.8 Å². The van der Waals surface area contributed by atoms with Crippen molar-refractivity contribution in [2.45, 2.75) is 4.90 Å². The Bertz CT molecular complexity index is 497. The van der Waals surface area contributed by atoms with Crippen LogP contribution in [0.15, 0.2) is 35.7 Å². The Labute approximate surface area is 94.9 Å². The summed E-state index contributed by atoms with van der Waals surface area (Å²) in [6.45, 7) is 3.68. The van der Waals surface area contributed by atoms with Gasteiger partial charge in [0.15, 0.2) is 0 Å². The van der Waals surface area contributed by atoms with Crippen LogP contribution in [0.3, 0.4) is 0 Å². The largest absolute Gasteiger partial charge is 0.506 e. The van der Waals surface area contributed by atoms with Crippen molar-refractivity contribution in [2.75, 3.05) is 19.3 Å². The van der Waals surface area contributed by atoms with Crippen LogP contribution < -0.4 is 5.73 Å². The molecule has 16 heavy (non-hydrogen) atoms. The van der Waals surface area contributed by atoms with E-state index < -0.39 is 10.0 Å². The summed E-state index contributed by atoms with van der Waals surface area (Å²) in [5.74, 6) is -0.134. The highest BCUT2D eigenvalue weighted by atomic mass is 32.2. The summed E-state index contributed by atoms with van der Waals surface area (Å²) in [7, 11) is -2.12. The number of hydrogen-bond acceptors (Lipinski definition) is 4. The molecular weight excluding hydrogens is 228 g/mol. The minimum absolute atomic E-state index is 0.0353. The molecule has 0 heterocycles. The van der Waals surface area contributed by atoms with Crippen LogP contribution in [0.25, 0.3) is 0 Å². The van der Waals surface area contributed by atoms with Gasteiger partial charge in [0.1, 0.15) is 5.75 Å². The Hall–Kier alpha value is -1.53. The van der Waals surface area contributed by atoms with Gasteiger partial charge in [-0.2, -0.15) is 4.31 Å².